The van der Waals surface area contributed by atoms with E-state index < -0.39 is 0 Å². The molecule has 0 spiro atoms. The quantitative estimate of drug-likeness (QED) is 0.676. The van der Waals surface area contributed by atoms with E-state index in [4.69, 9.17) is 4.74 Å². The SMILES string of the molecule is COc1ccc([C@@H]2[C@@H]3CN(C(=O)c4ccc5ccccc5c4)C[C@@H]3CN2C)cc1. The first-order valence-electron chi connectivity index (χ1n) is 10.3. The van der Waals surface area contributed by atoms with Gasteiger partial charge in [0.15, 0.2) is 0 Å². The van der Waals surface area contributed by atoms with Crippen molar-refractivity contribution >= 4 is 16.7 Å². The predicted octanol–water partition coefficient (Wildman–Crippen LogP) is 4.22. The zero-order valence-electron chi connectivity index (χ0n) is 16.9. The van der Waals surface area contributed by atoms with E-state index in [0.717, 1.165) is 36.3 Å². The van der Waals surface area contributed by atoms with E-state index in [1.165, 1.54) is 10.9 Å². The van der Waals surface area contributed by atoms with E-state index in [0.29, 0.717) is 17.9 Å². The molecule has 2 aliphatic heterocycles. The summed E-state index contributed by atoms with van der Waals surface area (Å²) in [7, 11) is 3.89. The highest BCUT2D eigenvalue weighted by molar-refractivity contribution is 5.98. The number of fused-ring (bicyclic) bond motifs is 2. The molecule has 3 aromatic rings. The molecule has 148 valence electrons. The maximum atomic E-state index is 13.2. The molecule has 0 bridgehead atoms. The van der Waals surface area contributed by atoms with Crippen LogP contribution in [0.3, 0.4) is 0 Å². The van der Waals surface area contributed by atoms with Gasteiger partial charge < -0.3 is 9.64 Å². The molecule has 0 unspecified atom stereocenters. The summed E-state index contributed by atoms with van der Waals surface area (Å²) < 4.78 is 5.31. The highest BCUT2D eigenvalue weighted by Crippen LogP contribution is 2.44. The lowest BCUT2D eigenvalue weighted by Gasteiger charge is -2.27. The summed E-state index contributed by atoms with van der Waals surface area (Å²) in [5, 5.41) is 2.29. The summed E-state index contributed by atoms with van der Waals surface area (Å²) >= 11 is 0. The maximum absolute atomic E-state index is 13.2. The van der Waals surface area contributed by atoms with Gasteiger partial charge in [0.05, 0.1) is 7.11 Å². The van der Waals surface area contributed by atoms with E-state index in [9.17, 15) is 4.79 Å². The Labute approximate surface area is 171 Å². The van der Waals surface area contributed by atoms with Gasteiger partial charge in [-0.15, -0.1) is 0 Å². The molecular weight excluding hydrogens is 360 g/mol. The zero-order valence-corrected chi connectivity index (χ0v) is 16.9. The van der Waals surface area contributed by atoms with Crippen LogP contribution in [0.2, 0.25) is 0 Å². The Bertz CT molecular complexity index is 1050. The molecule has 5 rings (SSSR count). The predicted molar refractivity (Wildman–Crippen MR) is 115 cm³/mol. The number of amides is 1. The molecule has 29 heavy (non-hydrogen) atoms. The van der Waals surface area contributed by atoms with Crippen molar-refractivity contribution in [1.82, 2.24) is 9.80 Å². The number of hydrogen-bond donors (Lipinski definition) is 0. The van der Waals surface area contributed by atoms with Crippen molar-refractivity contribution in [2.75, 3.05) is 33.8 Å². The number of rotatable bonds is 3. The molecule has 0 aromatic heterocycles. The van der Waals surface area contributed by atoms with Crippen LogP contribution in [-0.2, 0) is 0 Å². The van der Waals surface area contributed by atoms with Crippen molar-refractivity contribution in [2.24, 2.45) is 11.8 Å². The van der Waals surface area contributed by atoms with E-state index in [1.54, 1.807) is 7.11 Å². The van der Waals surface area contributed by atoms with Gasteiger partial charge in [0.1, 0.15) is 5.75 Å². The fourth-order valence-electron chi connectivity index (χ4n) is 5.23. The Morgan fingerprint density at radius 3 is 2.45 bits per heavy atom. The lowest BCUT2D eigenvalue weighted by atomic mass is 9.89. The van der Waals surface area contributed by atoms with E-state index >= 15 is 0 Å². The molecule has 1 amide bonds. The molecule has 4 heteroatoms. The molecule has 0 N–H and O–H groups in total. The molecular formula is C25H26N2O2. The Morgan fingerprint density at radius 1 is 0.931 bits per heavy atom. The normalized spacial score (nSPS) is 24.1. The highest BCUT2D eigenvalue weighted by Gasteiger charge is 2.47. The molecule has 4 nitrogen and oxygen atoms in total. The highest BCUT2D eigenvalue weighted by atomic mass is 16.5. The lowest BCUT2D eigenvalue weighted by Crippen LogP contribution is -2.33. The molecule has 0 aliphatic carbocycles. The second-order valence-electron chi connectivity index (χ2n) is 8.35. The standard InChI is InChI=1S/C25H26N2O2/c1-26-14-21-15-27(16-23(21)24(26)18-9-11-22(29-2)12-10-18)25(28)20-8-7-17-5-3-4-6-19(17)13-20/h3-13,21,23-24H,14-16H2,1-2H3/t21-,23+,24+/m0/s1. The van der Waals surface area contributed by atoms with Gasteiger partial charge in [-0.3, -0.25) is 9.69 Å². The van der Waals surface area contributed by atoms with Gasteiger partial charge >= 0.3 is 0 Å². The number of carbonyl (C=O) groups is 1. The lowest BCUT2D eigenvalue weighted by molar-refractivity contribution is 0.0768. The van der Waals surface area contributed by atoms with Crippen molar-refractivity contribution in [3.8, 4) is 5.75 Å². The van der Waals surface area contributed by atoms with Gasteiger partial charge in [-0.2, -0.15) is 0 Å². The van der Waals surface area contributed by atoms with Crippen LogP contribution in [0.1, 0.15) is 22.0 Å². The fraction of sp³-hybridized carbons (Fsp3) is 0.320. The van der Waals surface area contributed by atoms with Crippen molar-refractivity contribution in [3.63, 3.8) is 0 Å². The Balaban J connectivity index is 1.37. The van der Waals surface area contributed by atoms with E-state index in [-0.39, 0.29) is 5.91 Å². The monoisotopic (exact) mass is 386 g/mol. The van der Waals surface area contributed by atoms with E-state index in [2.05, 4.69) is 41.1 Å². The minimum Gasteiger partial charge on any atom is -0.497 e. The van der Waals surface area contributed by atoms with Crippen LogP contribution >= 0.6 is 0 Å². The summed E-state index contributed by atoms with van der Waals surface area (Å²) in [6, 6.07) is 23.0. The topological polar surface area (TPSA) is 32.8 Å². The van der Waals surface area contributed by atoms with Crippen LogP contribution in [0.15, 0.2) is 66.7 Å². The molecule has 2 heterocycles. The van der Waals surface area contributed by atoms with Gasteiger partial charge in [-0.25, -0.2) is 0 Å². The third-order valence-corrected chi connectivity index (χ3v) is 6.64. The van der Waals surface area contributed by atoms with Crippen LogP contribution in [0.5, 0.6) is 5.75 Å². The Kier molecular flexibility index (Phi) is 4.51. The number of nitrogens with zero attached hydrogens (tertiary/aromatic N) is 2. The van der Waals surface area contributed by atoms with Gasteiger partial charge in [0.2, 0.25) is 0 Å². The van der Waals surface area contributed by atoms with Crippen LogP contribution < -0.4 is 4.74 Å². The van der Waals surface area contributed by atoms with Crippen molar-refractivity contribution in [2.45, 2.75) is 6.04 Å². The molecule has 2 aliphatic rings. The molecule has 2 saturated heterocycles. The molecule has 0 saturated carbocycles. The minimum atomic E-state index is 0.154. The maximum Gasteiger partial charge on any atom is 0.253 e. The van der Waals surface area contributed by atoms with Crippen molar-refractivity contribution < 1.29 is 9.53 Å². The molecule has 2 fully saturated rings. The number of carbonyl (C=O) groups excluding carboxylic acids is 1. The second kappa shape index (κ2) is 7.20. The Morgan fingerprint density at radius 2 is 1.69 bits per heavy atom. The van der Waals surface area contributed by atoms with Gasteiger partial charge in [0, 0.05) is 37.2 Å². The third-order valence-electron chi connectivity index (χ3n) is 6.64. The number of hydrogen-bond acceptors (Lipinski definition) is 3. The summed E-state index contributed by atoms with van der Waals surface area (Å²) in [5.74, 6) is 2.03. The number of methoxy groups -OCH3 is 1. The number of likely N-dealkylation sites (tertiary alicyclic amines) is 2. The fourth-order valence-corrected chi connectivity index (χ4v) is 5.23. The Hall–Kier alpha value is -2.85. The average Bonchev–Trinajstić information content (AvgIpc) is 3.29. The largest absolute Gasteiger partial charge is 0.497 e. The molecule has 3 atom stereocenters. The number of ether oxygens (including phenoxy) is 1. The molecule has 3 aromatic carbocycles. The smallest absolute Gasteiger partial charge is 0.253 e. The first kappa shape index (κ1) is 18.2. The minimum absolute atomic E-state index is 0.154. The van der Waals surface area contributed by atoms with Gasteiger partial charge in [-0.1, -0.05) is 42.5 Å². The van der Waals surface area contributed by atoms with Crippen LogP contribution in [0.4, 0.5) is 0 Å². The zero-order chi connectivity index (χ0) is 20.0. The first-order chi connectivity index (χ1) is 14.1. The van der Waals surface area contributed by atoms with E-state index in [1.807, 2.05) is 42.5 Å². The number of benzene rings is 3. The van der Waals surface area contributed by atoms with Crippen LogP contribution in [0, 0.1) is 11.8 Å². The molecule has 0 radical (unpaired) electrons. The summed E-state index contributed by atoms with van der Waals surface area (Å²) in [6.07, 6.45) is 0. The van der Waals surface area contributed by atoms with Crippen molar-refractivity contribution in [3.05, 3.63) is 77.9 Å². The van der Waals surface area contributed by atoms with Crippen LogP contribution in [-0.4, -0.2) is 49.5 Å². The van der Waals surface area contributed by atoms with Crippen molar-refractivity contribution in [1.29, 1.82) is 0 Å². The van der Waals surface area contributed by atoms with Gasteiger partial charge in [-0.05, 0) is 53.6 Å². The second-order valence-corrected chi connectivity index (χ2v) is 8.35. The summed E-state index contributed by atoms with van der Waals surface area (Å²) in [5.41, 5.74) is 2.10. The summed E-state index contributed by atoms with van der Waals surface area (Å²) in [6.45, 7) is 2.69. The first-order valence-corrected chi connectivity index (χ1v) is 10.3. The third kappa shape index (κ3) is 3.18. The van der Waals surface area contributed by atoms with Crippen LogP contribution in [0.25, 0.3) is 10.8 Å². The summed E-state index contributed by atoms with van der Waals surface area (Å²) in [4.78, 5) is 17.7. The average molecular weight is 386 g/mol. The van der Waals surface area contributed by atoms with Gasteiger partial charge in [0.25, 0.3) is 5.91 Å².